The van der Waals surface area contributed by atoms with Crippen LogP contribution in [0.15, 0.2) is 28.9 Å². The van der Waals surface area contributed by atoms with E-state index in [9.17, 15) is 5.26 Å². The average Bonchev–Trinajstić information content (AvgIpc) is 3.86. The zero-order valence-corrected chi connectivity index (χ0v) is 26.8. The van der Waals surface area contributed by atoms with Crippen molar-refractivity contribution >= 4 is 5.69 Å². The molecule has 8 rings (SSSR count). The summed E-state index contributed by atoms with van der Waals surface area (Å²) in [5.41, 5.74) is 12.9. The molecule has 2 aliphatic carbocycles. The summed E-state index contributed by atoms with van der Waals surface area (Å²) in [4.78, 5) is 14.5. The van der Waals surface area contributed by atoms with Gasteiger partial charge in [-0.2, -0.15) is 15.3 Å². The molecule has 238 valence electrons. The van der Waals surface area contributed by atoms with E-state index < -0.39 is 5.41 Å². The van der Waals surface area contributed by atoms with Crippen molar-refractivity contribution in [3.05, 3.63) is 63.7 Å². The van der Waals surface area contributed by atoms with Crippen molar-refractivity contribution < 1.29 is 14.0 Å². The smallest absolute Gasteiger partial charge is 0.219 e. The lowest BCUT2D eigenvalue weighted by atomic mass is 9.68. The molecule has 3 aromatic heterocycles. The van der Waals surface area contributed by atoms with Crippen LogP contribution in [0.2, 0.25) is 0 Å². The maximum atomic E-state index is 10.1. The number of nitriles is 1. The van der Waals surface area contributed by atoms with Crippen molar-refractivity contribution in [2.24, 2.45) is 0 Å². The summed E-state index contributed by atoms with van der Waals surface area (Å²) in [7, 11) is 5.95. The number of hydrogen-bond acceptors (Lipinski definition) is 11. The van der Waals surface area contributed by atoms with Gasteiger partial charge in [-0.3, -0.25) is 9.80 Å². The van der Waals surface area contributed by atoms with Gasteiger partial charge in [0.05, 0.1) is 28.8 Å². The molecule has 0 amide bonds. The van der Waals surface area contributed by atoms with E-state index in [0.29, 0.717) is 34.5 Å². The monoisotopic (exact) mass is 621 g/mol. The lowest BCUT2D eigenvalue weighted by Crippen LogP contribution is -2.44. The summed E-state index contributed by atoms with van der Waals surface area (Å²) < 4.78 is 20.5. The number of benzene rings is 1. The van der Waals surface area contributed by atoms with Crippen molar-refractivity contribution in [3.8, 4) is 29.3 Å². The summed E-state index contributed by atoms with van der Waals surface area (Å²) in [6.07, 6.45) is 7.16. The van der Waals surface area contributed by atoms with Gasteiger partial charge < -0.3 is 19.7 Å². The Kier molecular flexibility index (Phi) is 6.90. The van der Waals surface area contributed by atoms with Crippen LogP contribution in [0, 0.1) is 11.3 Å². The molecule has 12 heteroatoms. The van der Waals surface area contributed by atoms with Crippen LogP contribution in [0.5, 0.6) is 5.88 Å². The fourth-order valence-electron chi connectivity index (χ4n) is 8.50. The SMILES string of the molecule is COC1CCN(C)C1C(C)Oc1cc(-n2cc3c(n2)CN(C)C3)nc(-c2noc3c2CCCC32CCc3ccc(N)c(C#N)c32)n1. The zero-order valence-electron chi connectivity index (χ0n) is 26.8. The first-order chi connectivity index (χ1) is 22.3. The highest BCUT2D eigenvalue weighted by Gasteiger charge is 2.49. The number of anilines is 1. The van der Waals surface area contributed by atoms with Gasteiger partial charge in [-0.15, -0.1) is 0 Å². The second-order valence-electron chi connectivity index (χ2n) is 13.4. The van der Waals surface area contributed by atoms with Gasteiger partial charge >= 0.3 is 0 Å². The highest BCUT2D eigenvalue weighted by atomic mass is 16.5. The molecule has 2 N–H and O–H groups in total. The van der Waals surface area contributed by atoms with E-state index in [1.807, 2.05) is 23.0 Å². The standard InChI is InChI=1S/C34H39N9O3/c1-19(31-26(44-4)10-13-42(31)3)45-28-14-27(43-17-21-16-41(2)18-25(21)39-43)37-33(38-28)30-22-6-5-11-34(32(22)46-40-30)12-9-20-7-8-24(36)23(15-35)29(20)34/h7-8,14,17,19,26,31H,5-6,9-13,16,18,36H2,1-4H3. The van der Waals surface area contributed by atoms with Crippen molar-refractivity contribution in [1.82, 2.24) is 34.7 Å². The highest BCUT2D eigenvalue weighted by Crippen LogP contribution is 2.54. The van der Waals surface area contributed by atoms with Gasteiger partial charge in [0, 0.05) is 55.8 Å². The van der Waals surface area contributed by atoms with Crippen molar-refractivity contribution in [1.29, 1.82) is 5.26 Å². The maximum Gasteiger partial charge on any atom is 0.219 e. The molecule has 4 aromatic rings. The third kappa shape index (κ3) is 4.44. The molecule has 4 atom stereocenters. The van der Waals surface area contributed by atoms with E-state index in [0.717, 1.165) is 86.3 Å². The summed E-state index contributed by atoms with van der Waals surface area (Å²) in [5, 5.41) is 19.6. The Morgan fingerprint density at radius 2 is 2.02 bits per heavy atom. The molecule has 1 aromatic carbocycles. The molecule has 0 saturated carbocycles. The van der Waals surface area contributed by atoms with Gasteiger partial charge in [-0.1, -0.05) is 11.2 Å². The minimum absolute atomic E-state index is 0.0761. The third-order valence-corrected chi connectivity index (χ3v) is 10.6. The number of nitrogen functional groups attached to an aromatic ring is 1. The number of nitrogens with zero attached hydrogens (tertiary/aromatic N) is 8. The number of aromatic nitrogens is 5. The number of ether oxygens (including phenoxy) is 2. The van der Waals surface area contributed by atoms with Crippen LogP contribution in [-0.4, -0.2) is 80.7 Å². The van der Waals surface area contributed by atoms with Crippen LogP contribution >= 0.6 is 0 Å². The molecular formula is C34H39N9O3. The van der Waals surface area contributed by atoms with Gasteiger partial charge in [0.25, 0.3) is 0 Å². The Morgan fingerprint density at radius 3 is 2.83 bits per heavy atom. The summed E-state index contributed by atoms with van der Waals surface area (Å²) >= 11 is 0. The van der Waals surface area contributed by atoms with E-state index in [1.165, 1.54) is 5.56 Å². The lowest BCUT2D eigenvalue weighted by Gasteiger charge is -2.33. The average molecular weight is 622 g/mol. The fraction of sp³-hybridized carbons (Fsp3) is 0.500. The summed E-state index contributed by atoms with van der Waals surface area (Å²) in [5.74, 6) is 2.30. The Morgan fingerprint density at radius 1 is 1.15 bits per heavy atom. The Labute approximate surface area is 268 Å². The molecule has 0 bridgehead atoms. The Bertz CT molecular complexity index is 1850. The Balaban J connectivity index is 1.22. The molecule has 2 aliphatic heterocycles. The number of methoxy groups -OCH3 is 1. The normalized spacial score (nSPS) is 24.6. The first-order valence-corrected chi connectivity index (χ1v) is 16.2. The molecule has 0 radical (unpaired) electrons. The Hall–Kier alpha value is -4.31. The second kappa shape index (κ2) is 10.9. The number of likely N-dealkylation sites (tertiary alicyclic amines) is 1. The van der Waals surface area contributed by atoms with E-state index >= 15 is 0 Å². The molecule has 12 nitrogen and oxygen atoms in total. The van der Waals surface area contributed by atoms with Crippen molar-refractivity contribution in [2.75, 3.05) is 33.5 Å². The van der Waals surface area contributed by atoms with Crippen LogP contribution < -0.4 is 10.5 Å². The van der Waals surface area contributed by atoms with Gasteiger partial charge in [0.1, 0.15) is 12.2 Å². The number of rotatable bonds is 6. The third-order valence-electron chi connectivity index (χ3n) is 10.6. The first kappa shape index (κ1) is 29.1. The largest absolute Gasteiger partial charge is 0.473 e. The first-order valence-electron chi connectivity index (χ1n) is 16.2. The molecule has 4 aliphatic rings. The van der Waals surface area contributed by atoms with Crippen molar-refractivity contribution in [3.63, 3.8) is 0 Å². The number of nitrogens with two attached hydrogens (primary N) is 1. The molecule has 5 heterocycles. The van der Waals surface area contributed by atoms with Crippen molar-refractivity contribution in [2.45, 2.75) is 82.2 Å². The van der Waals surface area contributed by atoms with Gasteiger partial charge in [0.2, 0.25) is 5.88 Å². The summed E-state index contributed by atoms with van der Waals surface area (Å²) in [6.45, 7) is 4.65. The van der Waals surface area contributed by atoms with E-state index in [1.54, 1.807) is 7.11 Å². The van der Waals surface area contributed by atoms with Crippen LogP contribution in [0.1, 0.15) is 71.9 Å². The minimum atomic E-state index is -0.447. The van der Waals surface area contributed by atoms with Gasteiger partial charge in [-0.25, -0.2) is 9.67 Å². The van der Waals surface area contributed by atoms with Crippen LogP contribution in [0.3, 0.4) is 0 Å². The fourth-order valence-corrected chi connectivity index (χ4v) is 8.50. The predicted molar refractivity (Wildman–Crippen MR) is 169 cm³/mol. The van der Waals surface area contributed by atoms with E-state index in [-0.39, 0.29) is 18.2 Å². The topological polar surface area (TPSA) is 144 Å². The van der Waals surface area contributed by atoms with Crippen LogP contribution in [0.4, 0.5) is 5.69 Å². The highest BCUT2D eigenvalue weighted by molar-refractivity contribution is 5.68. The van der Waals surface area contributed by atoms with Crippen LogP contribution in [-0.2, 0) is 36.1 Å². The van der Waals surface area contributed by atoms with E-state index in [4.69, 9.17) is 34.8 Å². The number of hydrogen-bond donors (Lipinski definition) is 1. The molecule has 1 fully saturated rings. The molecule has 4 unspecified atom stereocenters. The second-order valence-corrected chi connectivity index (χ2v) is 13.4. The van der Waals surface area contributed by atoms with Gasteiger partial charge in [-0.05, 0) is 76.7 Å². The van der Waals surface area contributed by atoms with E-state index in [2.05, 4.69) is 48.1 Å². The molecular weight excluding hydrogens is 582 g/mol. The molecule has 46 heavy (non-hydrogen) atoms. The maximum absolute atomic E-state index is 10.1. The molecule has 1 saturated heterocycles. The van der Waals surface area contributed by atoms with Crippen LogP contribution in [0.25, 0.3) is 17.3 Å². The quantitative estimate of drug-likeness (QED) is 0.314. The number of likely N-dealkylation sites (N-methyl/N-ethyl adjacent to an activating group) is 1. The number of aryl methyl sites for hydroxylation is 1. The molecule has 1 spiro atoms. The van der Waals surface area contributed by atoms with Gasteiger partial charge in [0.15, 0.2) is 23.1 Å². The summed E-state index contributed by atoms with van der Waals surface area (Å²) in [6, 6.07) is 8.22. The lowest BCUT2D eigenvalue weighted by molar-refractivity contribution is 0.0174. The zero-order chi connectivity index (χ0) is 31.7. The minimum Gasteiger partial charge on any atom is -0.473 e. The number of fused-ring (bicyclic) bond motifs is 5. The predicted octanol–water partition coefficient (Wildman–Crippen LogP) is 3.77.